The summed E-state index contributed by atoms with van der Waals surface area (Å²) < 4.78 is 3.29. The number of pyridine rings is 1. The minimum atomic E-state index is -0.190. The Morgan fingerprint density at radius 3 is 2.62 bits per heavy atom. The third-order valence-electron chi connectivity index (χ3n) is 3.88. The van der Waals surface area contributed by atoms with Crippen LogP contribution >= 0.6 is 0 Å². The van der Waals surface area contributed by atoms with Crippen molar-refractivity contribution in [3.05, 3.63) is 89.1 Å². The van der Waals surface area contributed by atoms with Gasteiger partial charge in [-0.15, -0.1) is 6.42 Å². The lowest BCUT2D eigenvalue weighted by Gasteiger charge is -2.09. The highest BCUT2D eigenvalue weighted by molar-refractivity contribution is 5.58. The normalized spacial score (nSPS) is 10.4. The minimum absolute atomic E-state index is 0.190. The average molecular weight is 339 g/mol. The second kappa shape index (κ2) is 6.49. The number of hydrogen-bond donors (Lipinski definition) is 0. The van der Waals surface area contributed by atoms with Gasteiger partial charge in [-0.05, 0) is 36.4 Å². The molecule has 0 fully saturated rings. The van der Waals surface area contributed by atoms with Gasteiger partial charge in [-0.3, -0.25) is 9.78 Å². The van der Waals surface area contributed by atoms with Crippen LogP contribution < -0.4 is 5.43 Å². The summed E-state index contributed by atoms with van der Waals surface area (Å²) in [6.07, 6.45) is 12.1. The van der Waals surface area contributed by atoms with Gasteiger partial charge in [0.05, 0.1) is 23.3 Å². The Kier molecular flexibility index (Phi) is 3.88. The monoisotopic (exact) mass is 339 g/mol. The van der Waals surface area contributed by atoms with E-state index in [1.54, 1.807) is 40.2 Å². The molecule has 0 aliphatic heterocycles. The molecule has 0 radical (unpaired) electrons. The summed E-state index contributed by atoms with van der Waals surface area (Å²) in [7, 11) is 0. The van der Waals surface area contributed by atoms with Crippen LogP contribution in [-0.4, -0.2) is 24.5 Å². The summed E-state index contributed by atoms with van der Waals surface area (Å²) >= 11 is 0. The van der Waals surface area contributed by atoms with Crippen LogP contribution in [0.2, 0.25) is 0 Å². The largest absolute Gasteiger partial charge is 0.287 e. The molecule has 0 aliphatic carbocycles. The fraction of sp³-hybridized carbons (Fsp3) is 0. The third-order valence-corrected chi connectivity index (χ3v) is 3.88. The van der Waals surface area contributed by atoms with Gasteiger partial charge in [-0.2, -0.15) is 10.2 Å². The Hall–Kier alpha value is -3.98. The van der Waals surface area contributed by atoms with Gasteiger partial charge in [0.1, 0.15) is 0 Å². The molecule has 0 bridgehead atoms. The molecule has 26 heavy (non-hydrogen) atoms. The first-order chi connectivity index (χ1) is 12.8. The first-order valence-corrected chi connectivity index (χ1v) is 7.88. The maximum atomic E-state index is 12.4. The van der Waals surface area contributed by atoms with Gasteiger partial charge in [-0.25, -0.2) is 9.36 Å². The molecular weight excluding hydrogens is 326 g/mol. The molecule has 0 unspecified atom stereocenters. The summed E-state index contributed by atoms with van der Waals surface area (Å²) in [6, 6.07) is 14.3. The molecule has 0 aliphatic rings. The lowest BCUT2D eigenvalue weighted by atomic mass is 10.2. The van der Waals surface area contributed by atoms with E-state index in [0.717, 1.165) is 16.9 Å². The molecule has 0 saturated carbocycles. The molecule has 6 nitrogen and oxygen atoms in total. The first kappa shape index (κ1) is 15.5. The van der Waals surface area contributed by atoms with E-state index in [2.05, 4.69) is 21.1 Å². The second-order valence-electron chi connectivity index (χ2n) is 5.50. The van der Waals surface area contributed by atoms with Crippen molar-refractivity contribution < 1.29 is 0 Å². The van der Waals surface area contributed by atoms with E-state index in [9.17, 15) is 4.79 Å². The topological polar surface area (TPSA) is 65.6 Å². The number of nitrogens with zero attached hydrogens (tertiary/aromatic N) is 5. The predicted octanol–water partition coefficient (Wildman–Crippen LogP) is 2.46. The maximum absolute atomic E-state index is 12.4. The minimum Gasteiger partial charge on any atom is -0.287 e. The molecular formula is C20H13N5O. The molecule has 0 amide bonds. The lowest BCUT2D eigenvalue weighted by Crippen LogP contribution is -2.14. The fourth-order valence-electron chi connectivity index (χ4n) is 2.64. The van der Waals surface area contributed by atoms with Gasteiger partial charge in [0.2, 0.25) is 5.43 Å². The Morgan fingerprint density at radius 1 is 0.962 bits per heavy atom. The van der Waals surface area contributed by atoms with Crippen molar-refractivity contribution in [3.8, 4) is 35.1 Å². The van der Waals surface area contributed by atoms with Crippen molar-refractivity contribution in [2.45, 2.75) is 0 Å². The summed E-state index contributed by atoms with van der Waals surface area (Å²) in [5.74, 6) is 2.60. The number of terminal acetylenes is 1. The molecule has 124 valence electrons. The van der Waals surface area contributed by atoms with Gasteiger partial charge in [0.25, 0.3) is 0 Å². The van der Waals surface area contributed by atoms with Crippen molar-refractivity contribution in [2.24, 2.45) is 0 Å². The highest BCUT2D eigenvalue weighted by Crippen LogP contribution is 2.19. The van der Waals surface area contributed by atoms with Crippen LogP contribution in [0.25, 0.3) is 22.8 Å². The molecule has 4 rings (SSSR count). The number of aromatic nitrogens is 5. The van der Waals surface area contributed by atoms with Crippen LogP contribution in [0.4, 0.5) is 0 Å². The molecule has 3 aromatic heterocycles. The molecule has 6 heteroatoms. The van der Waals surface area contributed by atoms with E-state index in [4.69, 9.17) is 6.42 Å². The lowest BCUT2D eigenvalue weighted by molar-refractivity contribution is 0.821. The highest BCUT2D eigenvalue weighted by Gasteiger charge is 2.13. The highest BCUT2D eigenvalue weighted by atomic mass is 16.1. The molecule has 1 aromatic carbocycles. The standard InChI is InChI=1S/C20H13N5O/c1-2-15-4-3-5-17(14-15)25-18(8-12-22-25)20-19(26)9-13-24(23-20)16-6-10-21-11-7-16/h1,3-14H. The first-order valence-electron chi connectivity index (χ1n) is 7.88. The Balaban J connectivity index is 1.86. The summed E-state index contributed by atoms with van der Waals surface area (Å²) in [5, 5.41) is 8.82. The number of hydrogen-bond acceptors (Lipinski definition) is 4. The van der Waals surface area contributed by atoms with Crippen molar-refractivity contribution in [2.75, 3.05) is 0 Å². The molecule has 0 saturated heterocycles. The van der Waals surface area contributed by atoms with Gasteiger partial charge in [0.15, 0.2) is 5.69 Å². The van der Waals surface area contributed by atoms with Crippen molar-refractivity contribution in [3.63, 3.8) is 0 Å². The Bertz CT molecular complexity index is 1170. The van der Waals surface area contributed by atoms with Crippen molar-refractivity contribution >= 4 is 0 Å². The fourth-order valence-corrected chi connectivity index (χ4v) is 2.64. The zero-order chi connectivity index (χ0) is 17.9. The van der Waals surface area contributed by atoms with E-state index < -0.39 is 0 Å². The van der Waals surface area contributed by atoms with Crippen LogP contribution in [0, 0.1) is 12.3 Å². The molecule has 0 N–H and O–H groups in total. The van der Waals surface area contributed by atoms with Crippen LogP contribution in [0.3, 0.4) is 0 Å². The van der Waals surface area contributed by atoms with Crippen LogP contribution in [0.15, 0.2) is 78.1 Å². The van der Waals surface area contributed by atoms with E-state index in [0.29, 0.717) is 11.4 Å². The van der Waals surface area contributed by atoms with Gasteiger partial charge in [-0.1, -0.05) is 12.0 Å². The van der Waals surface area contributed by atoms with E-state index in [1.807, 2.05) is 36.4 Å². The van der Waals surface area contributed by atoms with Crippen LogP contribution in [0.1, 0.15) is 5.56 Å². The van der Waals surface area contributed by atoms with E-state index in [1.165, 1.54) is 6.07 Å². The SMILES string of the molecule is C#Cc1cccc(-n2nccc2-c2nn(-c3ccncc3)ccc2=O)c1. The summed E-state index contributed by atoms with van der Waals surface area (Å²) in [6.45, 7) is 0. The zero-order valence-electron chi connectivity index (χ0n) is 13.6. The Labute approximate surface area is 149 Å². The molecule has 0 spiro atoms. The van der Waals surface area contributed by atoms with Gasteiger partial charge in [0, 0.05) is 30.2 Å². The predicted molar refractivity (Wildman–Crippen MR) is 98.1 cm³/mol. The Morgan fingerprint density at radius 2 is 1.81 bits per heavy atom. The average Bonchev–Trinajstić information content (AvgIpc) is 3.19. The molecule has 4 aromatic rings. The second-order valence-corrected chi connectivity index (χ2v) is 5.50. The van der Waals surface area contributed by atoms with Gasteiger partial charge >= 0.3 is 0 Å². The van der Waals surface area contributed by atoms with Crippen LogP contribution in [-0.2, 0) is 0 Å². The maximum Gasteiger partial charge on any atom is 0.209 e. The van der Waals surface area contributed by atoms with Gasteiger partial charge < -0.3 is 0 Å². The zero-order valence-corrected chi connectivity index (χ0v) is 13.6. The van der Waals surface area contributed by atoms with Crippen molar-refractivity contribution in [1.29, 1.82) is 0 Å². The molecule has 3 heterocycles. The van der Waals surface area contributed by atoms with Crippen LogP contribution in [0.5, 0.6) is 0 Å². The van der Waals surface area contributed by atoms with E-state index >= 15 is 0 Å². The smallest absolute Gasteiger partial charge is 0.209 e. The quantitative estimate of drug-likeness (QED) is 0.538. The van der Waals surface area contributed by atoms with Crippen molar-refractivity contribution in [1.82, 2.24) is 24.5 Å². The number of rotatable bonds is 3. The van der Waals surface area contributed by atoms with E-state index in [-0.39, 0.29) is 5.43 Å². The summed E-state index contributed by atoms with van der Waals surface area (Å²) in [4.78, 5) is 16.4. The molecule has 0 atom stereocenters. The summed E-state index contributed by atoms with van der Waals surface area (Å²) in [5.41, 5.74) is 3.01. The number of benzene rings is 1. The third kappa shape index (κ3) is 2.78.